The third-order valence-corrected chi connectivity index (χ3v) is 6.06. The van der Waals surface area contributed by atoms with Gasteiger partial charge in [0.1, 0.15) is 0 Å². The van der Waals surface area contributed by atoms with Gasteiger partial charge in [-0.3, -0.25) is 9.69 Å². The van der Waals surface area contributed by atoms with Crippen LogP contribution < -0.4 is 4.90 Å². The van der Waals surface area contributed by atoms with E-state index in [2.05, 4.69) is 23.7 Å². The lowest BCUT2D eigenvalue weighted by molar-refractivity contribution is 0.0984. The smallest absolute Gasteiger partial charge is 0.261 e. The Labute approximate surface area is 173 Å². The fourth-order valence-corrected chi connectivity index (χ4v) is 4.33. The van der Waals surface area contributed by atoms with Gasteiger partial charge < -0.3 is 4.90 Å². The first-order chi connectivity index (χ1) is 13.0. The lowest BCUT2D eigenvalue weighted by atomic mass is 10.2. The average molecular weight is 422 g/mol. The van der Waals surface area contributed by atoms with Gasteiger partial charge >= 0.3 is 0 Å². The van der Waals surface area contributed by atoms with Gasteiger partial charge in [-0.1, -0.05) is 60.5 Å². The minimum Gasteiger partial charge on any atom is -0.302 e. The molecule has 3 aromatic rings. The van der Waals surface area contributed by atoms with Gasteiger partial charge in [-0.2, -0.15) is 0 Å². The predicted octanol–water partition coefficient (Wildman–Crippen LogP) is 5.59. The van der Waals surface area contributed by atoms with E-state index < -0.39 is 0 Å². The SMILES string of the molecule is CCN(CC)CCN(C(=O)c1ccccc1Cl)c1nc2ccc(Cl)cc2s1. The van der Waals surface area contributed by atoms with E-state index >= 15 is 0 Å². The number of anilines is 1. The van der Waals surface area contributed by atoms with Crippen molar-refractivity contribution >= 4 is 55.8 Å². The van der Waals surface area contributed by atoms with Crippen LogP contribution in [0.15, 0.2) is 42.5 Å². The third-order valence-electron chi connectivity index (χ3n) is 4.45. The summed E-state index contributed by atoms with van der Waals surface area (Å²) in [5, 5.41) is 1.76. The molecule has 1 amide bonds. The minimum atomic E-state index is -0.141. The number of rotatable bonds is 7. The van der Waals surface area contributed by atoms with Crippen molar-refractivity contribution < 1.29 is 4.79 Å². The maximum atomic E-state index is 13.3. The molecular weight excluding hydrogens is 401 g/mol. The lowest BCUT2D eigenvalue weighted by Crippen LogP contribution is -2.39. The Morgan fingerprint density at radius 3 is 2.52 bits per heavy atom. The number of benzene rings is 2. The minimum absolute atomic E-state index is 0.141. The molecule has 2 aromatic carbocycles. The van der Waals surface area contributed by atoms with Crippen LogP contribution in [0.5, 0.6) is 0 Å². The highest BCUT2D eigenvalue weighted by Crippen LogP contribution is 2.32. The second kappa shape index (κ2) is 9.02. The van der Waals surface area contributed by atoms with Gasteiger partial charge in [0.05, 0.1) is 20.8 Å². The van der Waals surface area contributed by atoms with Crippen LogP contribution in [0.2, 0.25) is 10.0 Å². The summed E-state index contributed by atoms with van der Waals surface area (Å²) in [6.07, 6.45) is 0. The molecule has 0 saturated carbocycles. The number of thiazole rings is 1. The summed E-state index contributed by atoms with van der Waals surface area (Å²) in [7, 11) is 0. The van der Waals surface area contributed by atoms with Gasteiger partial charge in [0.15, 0.2) is 5.13 Å². The molecule has 0 atom stereocenters. The molecule has 1 heterocycles. The van der Waals surface area contributed by atoms with E-state index in [1.807, 2.05) is 30.3 Å². The van der Waals surface area contributed by atoms with Crippen molar-refractivity contribution in [2.24, 2.45) is 0 Å². The molecule has 0 aliphatic rings. The zero-order valence-electron chi connectivity index (χ0n) is 15.3. The summed E-state index contributed by atoms with van der Waals surface area (Å²) < 4.78 is 0.956. The summed E-state index contributed by atoms with van der Waals surface area (Å²) in [6, 6.07) is 12.7. The first-order valence-electron chi connectivity index (χ1n) is 8.88. The Kier molecular flexibility index (Phi) is 6.71. The molecule has 0 radical (unpaired) electrons. The Balaban J connectivity index is 1.97. The Morgan fingerprint density at radius 1 is 1.07 bits per heavy atom. The quantitative estimate of drug-likeness (QED) is 0.498. The van der Waals surface area contributed by atoms with Crippen molar-refractivity contribution in [2.45, 2.75) is 13.8 Å². The van der Waals surface area contributed by atoms with E-state index in [4.69, 9.17) is 23.2 Å². The van der Waals surface area contributed by atoms with E-state index in [-0.39, 0.29) is 5.91 Å². The van der Waals surface area contributed by atoms with Crippen molar-refractivity contribution in [3.8, 4) is 0 Å². The number of hydrogen-bond acceptors (Lipinski definition) is 4. The number of aromatic nitrogens is 1. The highest BCUT2D eigenvalue weighted by atomic mass is 35.5. The van der Waals surface area contributed by atoms with E-state index in [1.165, 1.54) is 11.3 Å². The zero-order chi connectivity index (χ0) is 19.4. The first kappa shape index (κ1) is 20.1. The van der Waals surface area contributed by atoms with Gasteiger partial charge in [-0.05, 0) is 43.4 Å². The molecule has 0 unspecified atom stereocenters. The Morgan fingerprint density at radius 2 is 1.81 bits per heavy atom. The highest BCUT2D eigenvalue weighted by molar-refractivity contribution is 7.22. The zero-order valence-corrected chi connectivity index (χ0v) is 17.6. The predicted molar refractivity (Wildman–Crippen MR) is 116 cm³/mol. The van der Waals surface area contributed by atoms with Gasteiger partial charge in [0, 0.05) is 18.1 Å². The summed E-state index contributed by atoms with van der Waals surface area (Å²) in [5.74, 6) is -0.141. The average Bonchev–Trinajstić information content (AvgIpc) is 3.08. The highest BCUT2D eigenvalue weighted by Gasteiger charge is 2.23. The molecular formula is C20H21Cl2N3OS. The number of fused-ring (bicyclic) bond motifs is 1. The topological polar surface area (TPSA) is 36.4 Å². The van der Waals surface area contributed by atoms with E-state index in [0.29, 0.717) is 27.3 Å². The molecule has 0 aliphatic heterocycles. The first-order valence-corrected chi connectivity index (χ1v) is 10.5. The molecule has 0 bridgehead atoms. The fourth-order valence-electron chi connectivity index (χ4n) is 2.85. The van der Waals surface area contributed by atoms with Crippen molar-refractivity contribution in [3.63, 3.8) is 0 Å². The van der Waals surface area contributed by atoms with Crippen LogP contribution in [-0.4, -0.2) is 42.0 Å². The van der Waals surface area contributed by atoms with Crippen molar-refractivity contribution in [1.82, 2.24) is 9.88 Å². The number of likely N-dealkylation sites (N-methyl/N-ethyl adjacent to an activating group) is 1. The molecule has 142 valence electrons. The number of amides is 1. The van der Waals surface area contributed by atoms with E-state index in [1.54, 1.807) is 17.0 Å². The van der Waals surface area contributed by atoms with Gasteiger partial charge in [0.2, 0.25) is 0 Å². The van der Waals surface area contributed by atoms with Gasteiger partial charge in [-0.25, -0.2) is 4.98 Å². The number of carbonyl (C=O) groups is 1. The molecule has 0 spiro atoms. The summed E-state index contributed by atoms with van der Waals surface area (Å²) >= 11 is 13.8. The number of halogens is 2. The van der Waals surface area contributed by atoms with Crippen molar-refractivity contribution in [1.29, 1.82) is 0 Å². The van der Waals surface area contributed by atoms with Crippen LogP contribution in [-0.2, 0) is 0 Å². The monoisotopic (exact) mass is 421 g/mol. The van der Waals surface area contributed by atoms with Gasteiger partial charge in [0.25, 0.3) is 5.91 Å². The van der Waals surface area contributed by atoms with E-state index in [9.17, 15) is 4.79 Å². The third kappa shape index (κ3) is 4.61. The van der Waals surface area contributed by atoms with Crippen LogP contribution >= 0.6 is 34.5 Å². The van der Waals surface area contributed by atoms with E-state index in [0.717, 1.165) is 29.9 Å². The van der Waals surface area contributed by atoms with Crippen molar-refractivity contribution in [2.75, 3.05) is 31.1 Å². The maximum absolute atomic E-state index is 13.3. The van der Waals surface area contributed by atoms with Crippen LogP contribution in [0.4, 0.5) is 5.13 Å². The van der Waals surface area contributed by atoms with Crippen LogP contribution in [0, 0.1) is 0 Å². The maximum Gasteiger partial charge on any atom is 0.261 e. The second-order valence-electron chi connectivity index (χ2n) is 6.07. The molecule has 7 heteroatoms. The molecule has 0 fully saturated rings. The molecule has 1 aromatic heterocycles. The second-order valence-corrected chi connectivity index (χ2v) is 7.92. The number of hydrogen-bond donors (Lipinski definition) is 0. The van der Waals surface area contributed by atoms with Crippen LogP contribution in [0.25, 0.3) is 10.2 Å². The molecule has 0 saturated heterocycles. The largest absolute Gasteiger partial charge is 0.302 e. The summed E-state index contributed by atoms with van der Waals surface area (Å²) in [5.41, 5.74) is 1.31. The van der Waals surface area contributed by atoms with Gasteiger partial charge in [-0.15, -0.1) is 0 Å². The Bertz CT molecular complexity index is 940. The molecule has 0 N–H and O–H groups in total. The summed E-state index contributed by atoms with van der Waals surface area (Å²) in [6.45, 7) is 7.39. The standard InChI is InChI=1S/C20H21Cl2N3OS/c1-3-24(4-2)11-12-25(19(26)15-7-5-6-8-16(15)22)20-23-17-10-9-14(21)13-18(17)27-20/h5-10,13H,3-4,11-12H2,1-2H3. The summed E-state index contributed by atoms with van der Waals surface area (Å²) in [4.78, 5) is 21.9. The molecule has 4 nitrogen and oxygen atoms in total. The lowest BCUT2D eigenvalue weighted by Gasteiger charge is -2.25. The van der Waals surface area contributed by atoms with Crippen LogP contribution in [0.1, 0.15) is 24.2 Å². The molecule has 27 heavy (non-hydrogen) atoms. The molecule has 0 aliphatic carbocycles. The Hall–Kier alpha value is -1.66. The number of nitrogens with zero attached hydrogens (tertiary/aromatic N) is 3. The fraction of sp³-hybridized carbons (Fsp3) is 0.300. The van der Waals surface area contributed by atoms with Crippen LogP contribution in [0.3, 0.4) is 0 Å². The number of carbonyl (C=O) groups excluding carboxylic acids is 1. The molecule has 3 rings (SSSR count). The van der Waals surface area contributed by atoms with Crippen molar-refractivity contribution in [3.05, 3.63) is 58.1 Å². The normalized spacial score (nSPS) is 11.3.